The van der Waals surface area contributed by atoms with Gasteiger partial charge in [0.05, 0.1) is 6.61 Å². The Bertz CT molecular complexity index is 215. The van der Waals surface area contributed by atoms with Crippen LogP contribution in [-0.2, 0) is 9.53 Å². The molecule has 1 amide bonds. The maximum absolute atomic E-state index is 11.7. The van der Waals surface area contributed by atoms with Crippen molar-refractivity contribution in [3.63, 3.8) is 0 Å². The van der Waals surface area contributed by atoms with Crippen molar-refractivity contribution < 1.29 is 9.53 Å². The predicted octanol–water partition coefficient (Wildman–Crippen LogP) is 1.47. The SMILES string of the molecule is CCCCOCCNC(=O)C1CCC(N)C1.Cl. The van der Waals surface area contributed by atoms with Crippen LogP contribution in [0.3, 0.4) is 0 Å². The summed E-state index contributed by atoms with van der Waals surface area (Å²) in [5, 5.41) is 2.90. The smallest absolute Gasteiger partial charge is 0.223 e. The van der Waals surface area contributed by atoms with Crippen LogP contribution in [0, 0.1) is 5.92 Å². The maximum Gasteiger partial charge on any atom is 0.223 e. The third-order valence-electron chi connectivity index (χ3n) is 3.03. The van der Waals surface area contributed by atoms with Gasteiger partial charge in [0.25, 0.3) is 0 Å². The fourth-order valence-corrected chi connectivity index (χ4v) is 1.99. The molecule has 0 radical (unpaired) electrons. The summed E-state index contributed by atoms with van der Waals surface area (Å²) in [6.07, 6.45) is 4.98. The molecule has 0 heterocycles. The summed E-state index contributed by atoms with van der Waals surface area (Å²) in [4.78, 5) is 11.7. The van der Waals surface area contributed by atoms with Gasteiger partial charge in [-0.05, 0) is 25.7 Å². The first-order valence-electron chi connectivity index (χ1n) is 6.35. The van der Waals surface area contributed by atoms with Gasteiger partial charge >= 0.3 is 0 Å². The minimum atomic E-state index is 0. The first kappa shape index (κ1) is 16.7. The van der Waals surface area contributed by atoms with Crippen molar-refractivity contribution in [3.05, 3.63) is 0 Å². The van der Waals surface area contributed by atoms with Gasteiger partial charge in [0, 0.05) is 25.1 Å². The highest BCUT2D eigenvalue weighted by Gasteiger charge is 2.27. The van der Waals surface area contributed by atoms with Crippen molar-refractivity contribution in [2.45, 2.75) is 45.1 Å². The van der Waals surface area contributed by atoms with Crippen molar-refractivity contribution in [2.75, 3.05) is 19.8 Å². The Morgan fingerprint density at radius 2 is 2.18 bits per heavy atom. The van der Waals surface area contributed by atoms with E-state index in [0.717, 1.165) is 38.7 Å². The molecule has 2 unspecified atom stereocenters. The van der Waals surface area contributed by atoms with Gasteiger partial charge in [0.1, 0.15) is 0 Å². The summed E-state index contributed by atoms with van der Waals surface area (Å²) >= 11 is 0. The van der Waals surface area contributed by atoms with E-state index in [2.05, 4.69) is 12.2 Å². The van der Waals surface area contributed by atoms with E-state index in [1.165, 1.54) is 0 Å². The van der Waals surface area contributed by atoms with Crippen LogP contribution >= 0.6 is 12.4 Å². The van der Waals surface area contributed by atoms with Gasteiger partial charge in [-0.2, -0.15) is 0 Å². The van der Waals surface area contributed by atoms with Crippen molar-refractivity contribution in [3.8, 4) is 0 Å². The molecule has 0 spiro atoms. The first-order chi connectivity index (χ1) is 7.74. The third kappa shape index (κ3) is 6.86. The normalized spacial score (nSPS) is 23.2. The molecule has 3 N–H and O–H groups in total. The van der Waals surface area contributed by atoms with E-state index in [4.69, 9.17) is 10.5 Å². The average molecular weight is 265 g/mol. The Labute approximate surface area is 110 Å². The molecule has 2 atom stereocenters. The van der Waals surface area contributed by atoms with Crippen LogP contribution in [-0.4, -0.2) is 31.7 Å². The van der Waals surface area contributed by atoms with E-state index >= 15 is 0 Å². The Hall–Kier alpha value is -0.320. The number of halogens is 1. The zero-order valence-electron chi connectivity index (χ0n) is 10.6. The van der Waals surface area contributed by atoms with Crippen molar-refractivity contribution in [2.24, 2.45) is 11.7 Å². The number of carbonyl (C=O) groups excluding carboxylic acids is 1. The Morgan fingerprint density at radius 1 is 1.41 bits per heavy atom. The highest BCUT2D eigenvalue weighted by molar-refractivity contribution is 5.85. The van der Waals surface area contributed by atoms with Crippen LogP contribution in [0.4, 0.5) is 0 Å². The number of nitrogens with one attached hydrogen (secondary N) is 1. The summed E-state index contributed by atoms with van der Waals surface area (Å²) < 4.78 is 5.37. The van der Waals surface area contributed by atoms with E-state index in [-0.39, 0.29) is 30.3 Å². The van der Waals surface area contributed by atoms with Gasteiger partial charge in [-0.15, -0.1) is 12.4 Å². The molecule has 1 aliphatic rings. The molecule has 1 fully saturated rings. The second-order valence-corrected chi connectivity index (χ2v) is 4.53. The fraction of sp³-hybridized carbons (Fsp3) is 0.917. The summed E-state index contributed by atoms with van der Waals surface area (Å²) in [5.41, 5.74) is 5.77. The number of unbranched alkanes of at least 4 members (excludes halogenated alkanes) is 1. The second kappa shape index (κ2) is 9.68. The molecular weight excluding hydrogens is 240 g/mol. The summed E-state index contributed by atoms with van der Waals surface area (Å²) in [6, 6.07) is 0.219. The monoisotopic (exact) mass is 264 g/mol. The van der Waals surface area contributed by atoms with E-state index in [0.29, 0.717) is 13.2 Å². The van der Waals surface area contributed by atoms with Gasteiger partial charge in [0.2, 0.25) is 5.91 Å². The second-order valence-electron chi connectivity index (χ2n) is 4.53. The highest BCUT2D eigenvalue weighted by atomic mass is 35.5. The molecule has 0 aliphatic heterocycles. The molecule has 1 rings (SSSR count). The zero-order valence-corrected chi connectivity index (χ0v) is 11.4. The zero-order chi connectivity index (χ0) is 11.8. The molecule has 0 bridgehead atoms. The van der Waals surface area contributed by atoms with Crippen molar-refractivity contribution in [1.82, 2.24) is 5.32 Å². The molecule has 0 saturated heterocycles. The van der Waals surface area contributed by atoms with Crippen LogP contribution in [0.5, 0.6) is 0 Å². The van der Waals surface area contributed by atoms with Crippen LogP contribution in [0.2, 0.25) is 0 Å². The molecule has 4 nitrogen and oxygen atoms in total. The fourth-order valence-electron chi connectivity index (χ4n) is 1.99. The minimum Gasteiger partial charge on any atom is -0.380 e. The van der Waals surface area contributed by atoms with Crippen LogP contribution in [0.15, 0.2) is 0 Å². The molecule has 0 aromatic carbocycles. The maximum atomic E-state index is 11.7. The van der Waals surface area contributed by atoms with E-state index in [9.17, 15) is 4.79 Å². The molecule has 102 valence electrons. The number of hydrogen-bond donors (Lipinski definition) is 2. The topological polar surface area (TPSA) is 64.3 Å². The summed E-state index contributed by atoms with van der Waals surface area (Å²) in [5.74, 6) is 0.276. The van der Waals surface area contributed by atoms with E-state index < -0.39 is 0 Å². The predicted molar refractivity (Wildman–Crippen MR) is 71.3 cm³/mol. The van der Waals surface area contributed by atoms with Gasteiger partial charge in [-0.25, -0.2) is 0 Å². The van der Waals surface area contributed by atoms with E-state index in [1.807, 2.05) is 0 Å². The van der Waals surface area contributed by atoms with Gasteiger partial charge < -0.3 is 15.8 Å². The van der Waals surface area contributed by atoms with Gasteiger partial charge in [-0.3, -0.25) is 4.79 Å². The van der Waals surface area contributed by atoms with Crippen LogP contribution in [0.1, 0.15) is 39.0 Å². The lowest BCUT2D eigenvalue weighted by Crippen LogP contribution is -2.32. The average Bonchev–Trinajstić information content (AvgIpc) is 2.70. The molecule has 1 saturated carbocycles. The van der Waals surface area contributed by atoms with Crippen molar-refractivity contribution >= 4 is 18.3 Å². The number of rotatable bonds is 7. The first-order valence-corrected chi connectivity index (χ1v) is 6.35. The molecule has 5 heteroatoms. The lowest BCUT2D eigenvalue weighted by molar-refractivity contribution is -0.125. The Balaban J connectivity index is 0.00000256. The molecular formula is C12H25ClN2O2. The minimum absolute atomic E-state index is 0. The highest BCUT2D eigenvalue weighted by Crippen LogP contribution is 2.23. The molecule has 0 aromatic rings. The lowest BCUT2D eigenvalue weighted by atomic mass is 10.1. The standard InChI is InChI=1S/C12H24N2O2.ClH/c1-2-3-7-16-8-6-14-12(15)10-4-5-11(13)9-10;/h10-11H,2-9,13H2,1H3,(H,14,15);1H. The molecule has 1 aliphatic carbocycles. The molecule has 17 heavy (non-hydrogen) atoms. The van der Waals surface area contributed by atoms with Crippen molar-refractivity contribution in [1.29, 1.82) is 0 Å². The summed E-state index contributed by atoms with van der Waals surface area (Å²) in [7, 11) is 0. The number of hydrogen-bond acceptors (Lipinski definition) is 3. The number of amides is 1. The largest absolute Gasteiger partial charge is 0.380 e. The van der Waals surface area contributed by atoms with Crippen LogP contribution < -0.4 is 11.1 Å². The Morgan fingerprint density at radius 3 is 2.76 bits per heavy atom. The third-order valence-corrected chi connectivity index (χ3v) is 3.03. The Kier molecular flexibility index (Phi) is 9.50. The summed E-state index contributed by atoms with van der Waals surface area (Å²) in [6.45, 7) is 4.16. The lowest BCUT2D eigenvalue weighted by Gasteiger charge is -2.10. The van der Waals surface area contributed by atoms with Gasteiger partial charge in [0.15, 0.2) is 0 Å². The van der Waals surface area contributed by atoms with Crippen LogP contribution in [0.25, 0.3) is 0 Å². The number of carbonyl (C=O) groups is 1. The number of ether oxygens (including phenoxy) is 1. The molecule has 0 aromatic heterocycles. The van der Waals surface area contributed by atoms with E-state index in [1.54, 1.807) is 0 Å². The van der Waals surface area contributed by atoms with Gasteiger partial charge in [-0.1, -0.05) is 13.3 Å². The quantitative estimate of drug-likeness (QED) is 0.685. The number of nitrogens with two attached hydrogens (primary N) is 1.